The zero-order valence-electron chi connectivity index (χ0n) is 9.44. The number of hydrogen-bond acceptors (Lipinski definition) is 2. The van der Waals surface area contributed by atoms with E-state index < -0.39 is 0 Å². The van der Waals surface area contributed by atoms with Crippen LogP contribution in [-0.4, -0.2) is 10.2 Å². The third-order valence-electron chi connectivity index (χ3n) is 2.71. The highest BCUT2D eigenvalue weighted by Gasteiger charge is 2.10. The lowest BCUT2D eigenvalue weighted by atomic mass is 10.0. The van der Waals surface area contributed by atoms with Gasteiger partial charge in [0.05, 0.1) is 0 Å². The largest absolute Gasteiger partial charge is 0.504 e. The van der Waals surface area contributed by atoms with Crippen molar-refractivity contribution in [1.82, 2.24) is 0 Å². The Morgan fingerprint density at radius 3 is 2.29 bits per heavy atom. The number of rotatable bonds is 2. The van der Waals surface area contributed by atoms with Crippen LogP contribution in [0.3, 0.4) is 0 Å². The normalized spacial score (nSPS) is 10.5. The first-order valence-electron chi connectivity index (χ1n) is 5.42. The Morgan fingerprint density at radius 1 is 1.06 bits per heavy atom. The second-order valence-electron chi connectivity index (χ2n) is 3.87. The van der Waals surface area contributed by atoms with Gasteiger partial charge >= 0.3 is 0 Å². The van der Waals surface area contributed by atoms with Crippen LogP contribution < -0.4 is 0 Å². The molecule has 0 fully saturated rings. The average molecular weight is 232 g/mol. The summed E-state index contributed by atoms with van der Waals surface area (Å²) in [4.78, 5) is 0. The molecule has 0 aliphatic carbocycles. The van der Waals surface area contributed by atoms with E-state index >= 15 is 0 Å². The second kappa shape index (κ2) is 4.45. The van der Waals surface area contributed by atoms with Crippen LogP contribution >= 0.6 is 0 Å². The molecule has 0 aliphatic rings. The van der Waals surface area contributed by atoms with Crippen LogP contribution in [0, 0.1) is 5.82 Å². The Labute approximate surface area is 99.0 Å². The van der Waals surface area contributed by atoms with Crippen molar-refractivity contribution in [1.29, 1.82) is 0 Å². The number of phenolic OH excluding ortho intramolecular Hbond substituents is 2. The van der Waals surface area contributed by atoms with Crippen molar-refractivity contribution in [2.24, 2.45) is 0 Å². The van der Waals surface area contributed by atoms with Crippen LogP contribution in [0.25, 0.3) is 11.1 Å². The molecule has 0 radical (unpaired) electrons. The summed E-state index contributed by atoms with van der Waals surface area (Å²) >= 11 is 0. The molecule has 0 saturated heterocycles. The maximum absolute atomic E-state index is 12.8. The van der Waals surface area contributed by atoms with Crippen molar-refractivity contribution in [2.45, 2.75) is 13.3 Å². The van der Waals surface area contributed by atoms with Gasteiger partial charge in [0.1, 0.15) is 5.82 Å². The lowest BCUT2D eigenvalue weighted by Crippen LogP contribution is -1.86. The zero-order valence-corrected chi connectivity index (χ0v) is 9.44. The molecule has 2 aromatic rings. The van der Waals surface area contributed by atoms with Crippen LogP contribution in [0.15, 0.2) is 36.4 Å². The Bertz CT molecular complexity index is 533. The summed E-state index contributed by atoms with van der Waals surface area (Å²) in [5.74, 6) is -0.651. The maximum Gasteiger partial charge on any atom is 0.165 e. The number of benzene rings is 2. The van der Waals surface area contributed by atoms with Crippen molar-refractivity contribution in [2.75, 3.05) is 0 Å². The predicted octanol–water partition coefficient (Wildman–Crippen LogP) is 3.47. The summed E-state index contributed by atoms with van der Waals surface area (Å²) in [6.07, 6.45) is 0.752. The number of phenols is 2. The molecule has 0 unspecified atom stereocenters. The van der Waals surface area contributed by atoms with Crippen molar-refractivity contribution in [3.8, 4) is 22.6 Å². The van der Waals surface area contributed by atoms with E-state index in [1.165, 1.54) is 18.2 Å². The smallest absolute Gasteiger partial charge is 0.165 e. The van der Waals surface area contributed by atoms with Crippen LogP contribution in [0.5, 0.6) is 11.5 Å². The van der Waals surface area contributed by atoms with Gasteiger partial charge in [0, 0.05) is 5.56 Å². The molecule has 88 valence electrons. The molecule has 0 atom stereocenters. The first-order chi connectivity index (χ1) is 8.11. The number of hydrogen-bond donors (Lipinski definition) is 2. The van der Waals surface area contributed by atoms with Crippen molar-refractivity contribution >= 4 is 0 Å². The highest BCUT2D eigenvalue weighted by atomic mass is 19.1. The average Bonchev–Trinajstić information content (AvgIpc) is 2.34. The molecule has 2 N–H and O–H groups in total. The van der Waals surface area contributed by atoms with E-state index in [9.17, 15) is 14.6 Å². The standard InChI is InChI=1S/C14H13FO2/c1-2-9-7-12(14(17)13(16)8-9)10-3-5-11(15)6-4-10/h3-8,16-17H,2H2,1H3. The van der Waals surface area contributed by atoms with Gasteiger partial charge in [-0.15, -0.1) is 0 Å². The minimum absolute atomic E-state index is 0.149. The van der Waals surface area contributed by atoms with Crippen LogP contribution in [0.4, 0.5) is 4.39 Å². The fourth-order valence-corrected chi connectivity index (χ4v) is 1.73. The summed E-state index contributed by atoms with van der Waals surface area (Å²) in [6, 6.07) is 9.12. The number of aryl methyl sites for hydroxylation is 1. The van der Waals surface area contributed by atoms with Crippen molar-refractivity contribution < 1.29 is 14.6 Å². The van der Waals surface area contributed by atoms with Gasteiger partial charge in [-0.05, 0) is 41.8 Å². The summed E-state index contributed by atoms with van der Waals surface area (Å²) < 4.78 is 12.8. The van der Waals surface area contributed by atoms with Gasteiger partial charge in [0.15, 0.2) is 11.5 Å². The zero-order chi connectivity index (χ0) is 12.4. The van der Waals surface area contributed by atoms with E-state index in [1.54, 1.807) is 18.2 Å². The molecule has 3 heteroatoms. The third kappa shape index (κ3) is 2.23. The van der Waals surface area contributed by atoms with Crippen molar-refractivity contribution in [3.63, 3.8) is 0 Å². The van der Waals surface area contributed by atoms with Crippen LogP contribution in [0.1, 0.15) is 12.5 Å². The second-order valence-corrected chi connectivity index (χ2v) is 3.87. The molecule has 0 saturated carbocycles. The molecule has 2 rings (SSSR count). The molecular weight excluding hydrogens is 219 g/mol. The lowest BCUT2D eigenvalue weighted by Gasteiger charge is -2.09. The number of aromatic hydroxyl groups is 2. The Kier molecular flexibility index (Phi) is 3.00. The molecule has 0 spiro atoms. The Hall–Kier alpha value is -2.03. The molecule has 0 heterocycles. The SMILES string of the molecule is CCc1cc(O)c(O)c(-c2ccc(F)cc2)c1. The van der Waals surface area contributed by atoms with Crippen LogP contribution in [0.2, 0.25) is 0 Å². The van der Waals surface area contributed by atoms with E-state index in [1.807, 2.05) is 6.92 Å². The first kappa shape index (κ1) is 11.5. The monoisotopic (exact) mass is 232 g/mol. The molecule has 0 bridgehead atoms. The van der Waals surface area contributed by atoms with E-state index in [0.717, 1.165) is 12.0 Å². The summed E-state index contributed by atoms with van der Waals surface area (Å²) in [5, 5.41) is 19.4. The molecule has 0 aliphatic heterocycles. The van der Waals surface area contributed by atoms with E-state index in [0.29, 0.717) is 11.1 Å². The minimum Gasteiger partial charge on any atom is -0.504 e. The number of halogens is 1. The van der Waals surface area contributed by atoms with E-state index in [4.69, 9.17) is 0 Å². The summed E-state index contributed by atoms with van der Waals surface area (Å²) in [5.41, 5.74) is 2.11. The van der Waals surface area contributed by atoms with Gasteiger partial charge in [0.25, 0.3) is 0 Å². The topological polar surface area (TPSA) is 40.5 Å². The summed E-state index contributed by atoms with van der Waals surface area (Å²) in [6.45, 7) is 1.96. The van der Waals surface area contributed by atoms with Gasteiger partial charge < -0.3 is 10.2 Å². The van der Waals surface area contributed by atoms with Crippen LogP contribution in [-0.2, 0) is 6.42 Å². The minimum atomic E-state index is -0.330. The van der Waals surface area contributed by atoms with Gasteiger partial charge in [-0.1, -0.05) is 19.1 Å². The molecular formula is C14H13FO2. The highest BCUT2D eigenvalue weighted by molar-refractivity contribution is 5.74. The van der Waals surface area contributed by atoms with Crippen molar-refractivity contribution in [3.05, 3.63) is 47.8 Å². The molecule has 17 heavy (non-hydrogen) atoms. The molecule has 2 nitrogen and oxygen atoms in total. The van der Waals surface area contributed by atoms with Gasteiger partial charge in [0.2, 0.25) is 0 Å². The fraction of sp³-hybridized carbons (Fsp3) is 0.143. The van der Waals surface area contributed by atoms with E-state index in [-0.39, 0.29) is 17.3 Å². The predicted molar refractivity (Wildman–Crippen MR) is 64.5 cm³/mol. The first-order valence-corrected chi connectivity index (χ1v) is 5.42. The third-order valence-corrected chi connectivity index (χ3v) is 2.71. The lowest BCUT2D eigenvalue weighted by molar-refractivity contribution is 0.404. The fourth-order valence-electron chi connectivity index (χ4n) is 1.73. The quantitative estimate of drug-likeness (QED) is 0.778. The van der Waals surface area contributed by atoms with Gasteiger partial charge in [-0.25, -0.2) is 4.39 Å². The Balaban J connectivity index is 2.57. The molecule has 2 aromatic carbocycles. The Morgan fingerprint density at radius 2 is 1.71 bits per heavy atom. The van der Waals surface area contributed by atoms with Gasteiger partial charge in [-0.2, -0.15) is 0 Å². The summed E-state index contributed by atoms with van der Waals surface area (Å²) in [7, 11) is 0. The highest BCUT2D eigenvalue weighted by Crippen LogP contribution is 2.37. The molecule has 0 amide bonds. The van der Waals surface area contributed by atoms with Gasteiger partial charge in [-0.3, -0.25) is 0 Å². The molecule has 0 aromatic heterocycles. The van der Waals surface area contributed by atoms with E-state index in [2.05, 4.69) is 0 Å². The maximum atomic E-state index is 12.8.